The van der Waals surface area contributed by atoms with E-state index < -0.39 is 5.97 Å². The number of nitrogens with zero attached hydrogens (tertiary/aromatic N) is 2. The molecule has 1 N–H and O–H groups in total. The number of aromatic carboxylic acids is 1. The lowest BCUT2D eigenvalue weighted by atomic mass is 10.2. The van der Waals surface area contributed by atoms with Gasteiger partial charge < -0.3 is 9.84 Å². The second kappa shape index (κ2) is 4.91. The molecule has 1 heterocycles. The highest BCUT2D eigenvalue weighted by molar-refractivity contribution is 5.88. The molecule has 1 aromatic carbocycles. The molecule has 5 heteroatoms. The molecular formula is C13H14N2O3. The van der Waals surface area contributed by atoms with Gasteiger partial charge >= 0.3 is 5.97 Å². The van der Waals surface area contributed by atoms with Crippen LogP contribution >= 0.6 is 0 Å². The average molecular weight is 246 g/mol. The van der Waals surface area contributed by atoms with Crippen LogP contribution in [0.1, 0.15) is 23.0 Å². The van der Waals surface area contributed by atoms with E-state index in [0.717, 1.165) is 5.69 Å². The number of aryl methyl sites for hydroxylation is 1. The van der Waals surface area contributed by atoms with Gasteiger partial charge in [0.1, 0.15) is 11.3 Å². The van der Waals surface area contributed by atoms with Gasteiger partial charge in [-0.05, 0) is 18.6 Å². The van der Waals surface area contributed by atoms with Crippen LogP contribution in [0.3, 0.4) is 0 Å². The number of benzene rings is 1. The number of hydrogen-bond acceptors (Lipinski definition) is 3. The quantitative estimate of drug-likeness (QED) is 0.897. The summed E-state index contributed by atoms with van der Waals surface area (Å²) in [5.41, 5.74) is 1.59. The molecule has 0 atom stereocenters. The molecular weight excluding hydrogens is 232 g/mol. The molecule has 1 aromatic heterocycles. The van der Waals surface area contributed by atoms with Crippen LogP contribution in [0.2, 0.25) is 0 Å². The third-order valence-electron chi connectivity index (χ3n) is 2.67. The standard InChI is InChI=1S/C13H14N2O3/c1-3-12-11(13(16)17)8-15(14-12)9-5-4-6-10(7-9)18-2/h4-8H,3H2,1-2H3,(H,16,17). The van der Waals surface area contributed by atoms with Gasteiger partial charge in [0.05, 0.1) is 18.5 Å². The monoisotopic (exact) mass is 246 g/mol. The van der Waals surface area contributed by atoms with Crippen LogP contribution < -0.4 is 4.74 Å². The van der Waals surface area contributed by atoms with E-state index in [-0.39, 0.29) is 5.56 Å². The second-order valence-electron chi connectivity index (χ2n) is 3.79. The summed E-state index contributed by atoms with van der Waals surface area (Å²) in [6.07, 6.45) is 2.11. The topological polar surface area (TPSA) is 64.4 Å². The van der Waals surface area contributed by atoms with E-state index in [1.165, 1.54) is 6.20 Å². The molecule has 0 amide bonds. The van der Waals surface area contributed by atoms with Crippen molar-refractivity contribution in [1.82, 2.24) is 9.78 Å². The molecule has 0 saturated heterocycles. The third-order valence-corrected chi connectivity index (χ3v) is 2.67. The van der Waals surface area contributed by atoms with Gasteiger partial charge in [-0.1, -0.05) is 13.0 Å². The lowest BCUT2D eigenvalue weighted by Crippen LogP contribution is -1.98. The Hall–Kier alpha value is -2.30. The number of carboxylic acid groups (broad SMARTS) is 1. The summed E-state index contributed by atoms with van der Waals surface area (Å²) < 4.78 is 6.69. The fourth-order valence-corrected chi connectivity index (χ4v) is 1.73. The molecule has 0 spiro atoms. The van der Waals surface area contributed by atoms with E-state index in [1.54, 1.807) is 17.9 Å². The lowest BCUT2D eigenvalue weighted by molar-refractivity contribution is 0.0695. The minimum atomic E-state index is -0.957. The number of rotatable bonds is 4. The van der Waals surface area contributed by atoms with Gasteiger partial charge in [0.25, 0.3) is 0 Å². The smallest absolute Gasteiger partial charge is 0.339 e. The van der Waals surface area contributed by atoms with Gasteiger partial charge in [-0.15, -0.1) is 0 Å². The summed E-state index contributed by atoms with van der Waals surface area (Å²) in [6, 6.07) is 7.31. The van der Waals surface area contributed by atoms with Crippen LogP contribution in [0, 0.1) is 0 Å². The molecule has 0 aliphatic carbocycles. The maximum atomic E-state index is 11.1. The van der Waals surface area contributed by atoms with E-state index in [0.29, 0.717) is 17.9 Å². The number of carboxylic acids is 1. The highest BCUT2D eigenvalue weighted by atomic mass is 16.5. The molecule has 0 radical (unpaired) electrons. The number of carbonyl (C=O) groups is 1. The molecule has 0 saturated carbocycles. The number of methoxy groups -OCH3 is 1. The van der Waals surface area contributed by atoms with Crippen molar-refractivity contribution < 1.29 is 14.6 Å². The van der Waals surface area contributed by atoms with Crippen molar-refractivity contribution in [2.45, 2.75) is 13.3 Å². The second-order valence-corrected chi connectivity index (χ2v) is 3.79. The first-order valence-corrected chi connectivity index (χ1v) is 5.62. The van der Waals surface area contributed by atoms with Crippen molar-refractivity contribution in [2.75, 3.05) is 7.11 Å². The zero-order chi connectivity index (χ0) is 13.1. The van der Waals surface area contributed by atoms with E-state index in [1.807, 2.05) is 25.1 Å². The molecule has 0 aliphatic heterocycles. The Morgan fingerprint density at radius 3 is 2.83 bits per heavy atom. The fraction of sp³-hybridized carbons (Fsp3) is 0.231. The number of aromatic nitrogens is 2. The first-order valence-electron chi connectivity index (χ1n) is 5.62. The van der Waals surface area contributed by atoms with Gasteiger partial charge in [-0.3, -0.25) is 0 Å². The summed E-state index contributed by atoms with van der Waals surface area (Å²) in [6.45, 7) is 1.88. The van der Waals surface area contributed by atoms with Crippen molar-refractivity contribution in [3.05, 3.63) is 41.7 Å². The predicted molar refractivity (Wildman–Crippen MR) is 66.5 cm³/mol. The Balaban J connectivity index is 2.47. The van der Waals surface area contributed by atoms with E-state index in [2.05, 4.69) is 5.10 Å². The van der Waals surface area contributed by atoms with E-state index >= 15 is 0 Å². The zero-order valence-corrected chi connectivity index (χ0v) is 10.3. The Bertz CT molecular complexity index is 575. The number of ether oxygens (including phenoxy) is 1. The highest BCUT2D eigenvalue weighted by Crippen LogP contribution is 2.18. The molecule has 5 nitrogen and oxygen atoms in total. The Labute approximate surface area is 105 Å². The lowest BCUT2D eigenvalue weighted by Gasteiger charge is -2.03. The van der Waals surface area contributed by atoms with Crippen molar-refractivity contribution in [3.63, 3.8) is 0 Å². The zero-order valence-electron chi connectivity index (χ0n) is 10.3. The Morgan fingerprint density at radius 1 is 1.50 bits per heavy atom. The predicted octanol–water partition coefficient (Wildman–Crippen LogP) is 2.14. The fourth-order valence-electron chi connectivity index (χ4n) is 1.73. The molecule has 94 valence electrons. The van der Waals surface area contributed by atoms with Crippen molar-refractivity contribution in [3.8, 4) is 11.4 Å². The average Bonchev–Trinajstić information content (AvgIpc) is 2.83. The van der Waals surface area contributed by atoms with Crippen molar-refractivity contribution in [1.29, 1.82) is 0 Å². The van der Waals surface area contributed by atoms with Crippen LogP contribution in [-0.2, 0) is 6.42 Å². The molecule has 18 heavy (non-hydrogen) atoms. The molecule has 0 unspecified atom stereocenters. The van der Waals surface area contributed by atoms with Gasteiger partial charge in [0.2, 0.25) is 0 Å². The maximum absolute atomic E-state index is 11.1. The van der Waals surface area contributed by atoms with Gasteiger partial charge in [-0.25, -0.2) is 9.48 Å². The van der Waals surface area contributed by atoms with Gasteiger partial charge in [0, 0.05) is 12.3 Å². The highest BCUT2D eigenvalue weighted by Gasteiger charge is 2.14. The van der Waals surface area contributed by atoms with Crippen LogP contribution in [0.5, 0.6) is 5.75 Å². The van der Waals surface area contributed by atoms with E-state index in [9.17, 15) is 4.79 Å². The molecule has 2 aromatic rings. The summed E-state index contributed by atoms with van der Waals surface area (Å²) in [5, 5.41) is 13.4. The maximum Gasteiger partial charge on any atom is 0.339 e. The first kappa shape index (κ1) is 12.2. The van der Waals surface area contributed by atoms with Crippen molar-refractivity contribution in [2.24, 2.45) is 0 Å². The van der Waals surface area contributed by atoms with Gasteiger partial charge in [0.15, 0.2) is 0 Å². The summed E-state index contributed by atoms with van der Waals surface area (Å²) in [4.78, 5) is 11.1. The molecule has 0 fully saturated rings. The van der Waals surface area contributed by atoms with Crippen LogP contribution in [0.4, 0.5) is 0 Å². The van der Waals surface area contributed by atoms with Crippen molar-refractivity contribution >= 4 is 5.97 Å². The molecule has 0 bridgehead atoms. The SMILES string of the molecule is CCc1nn(-c2cccc(OC)c2)cc1C(=O)O. The molecule has 0 aliphatic rings. The van der Waals surface area contributed by atoms with Crippen LogP contribution in [0.15, 0.2) is 30.5 Å². The Morgan fingerprint density at radius 2 is 2.28 bits per heavy atom. The minimum absolute atomic E-state index is 0.236. The van der Waals surface area contributed by atoms with Gasteiger partial charge in [-0.2, -0.15) is 5.10 Å². The summed E-state index contributed by atoms with van der Waals surface area (Å²) in [7, 11) is 1.59. The number of hydrogen-bond donors (Lipinski definition) is 1. The minimum Gasteiger partial charge on any atom is -0.497 e. The third kappa shape index (κ3) is 2.20. The largest absolute Gasteiger partial charge is 0.497 e. The normalized spacial score (nSPS) is 10.3. The molecule has 2 rings (SSSR count). The van der Waals surface area contributed by atoms with E-state index in [4.69, 9.17) is 9.84 Å². The first-order chi connectivity index (χ1) is 8.65. The Kier molecular flexibility index (Phi) is 3.32. The van der Waals surface area contributed by atoms with Crippen LogP contribution in [0.25, 0.3) is 5.69 Å². The summed E-state index contributed by atoms with van der Waals surface area (Å²) >= 11 is 0. The summed E-state index contributed by atoms with van der Waals surface area (Å²) in [5.74, 6) is -0.251. The van der Waals surface area contributed by atoms with Crippen LogP contribution in [-0.4, -0.2) is 28.0 Å².